The third kappa shape index (κ3) is 3.72. The molecule has 0 aromatic heterocycles. The van der Waals surface area contributed by atoms with Gasteiger partial charge in [-0.25, -0.2) is 0 Å². The topological polar surface area (TPSA) is 47.3 Å². The number of benzene rings is 1. The van der Waals surface area contributed by atoms with Crippen LogP contribution in [-0.2, 0) is 11.2 Å². The summed E-state index contributed by atoms with van der Waals surface area (Å²) in [6, 6.07) is 8.13. The van der Waals surface area contributed by atoms with Crippen molar-refractivity contribution in [3.8, 4) is 0 Å². The number of nitrogen functional groups attached to an aromatic ring is 1. The van der Waals surface area contributed by atoms with Gasteiger partial charge < -0.3 is 15.8 Å². The second-order valence-electron chi connectivity index (χ2n) is 5.06. The van der Waals surface area contributed by atoms with Crippen molar-refractivity contribution in [2.75, 3.05) is 25.4 Å². The van der Waals surface area contributed by atoms with E-state index in [0.29, 0.717) is 12.0 Å². The van der Waals surface area contributed by atoms with E-state index in [4.69, 9.17) is 10.5 Å². The average Bonchev–Trinajstić information content (AvgIpc) is 2.84. The molecular weight excluding hydrogens is 224 g/mol. The van der Waals surface area contributed by atoms with Crippen molar-refractivity contribution >= 4 is 5.69 Å². The Bertz CT molecular complexity index is 350. The van der Waals surface area contributed by atoms with Crippen LogP contribution in [0.25, 0.3) is 0 Å². The van der Waals surface area contributed by atoms with Gasteiger partial charge in [0.15, 0.2) is 0 Å². The van der Waals surface area contributed by atoms with Crippen molar-refractivity contribution in [1.29, 1.82) is 0 Å². The van der Waals surface area contributed by atoms with Crippen molar-refractivity contribution in [2.45, 2.75) is 32.3 Å². The summed E-state index contributed by atoms with van der Waals surface area (Å²) in [6.07, 6.45) is 3.86. The molecule has 2 unspecified atom stereocenters. The third-order valence-electron chi connectivity index (χ3n) is 3.73. The Labute approximate surface area is 110 Å². The van der Waals surface area contributed by atoms with Gasteiger partial charge in [0.1, 0.15) is 0 Å². The van der Waals surface area contributed by atoms with Gasteiger partial charge in [-0.3, -0.25) is 0 Å². The molecule has 0 amide bonds. The summed E-state index contributed by atoms with van der Waals surface area (Å²) in [7, 11) is 0. The van der Waals surface area contributed by atoms with Crippen molar-refractivity contribution in [3.05, 3.63) is 29.8 Å². The number of ether oxygens (including phenoxy) is 1. The molecule has 2 atom stereocenters. The molecular formula is C15H24N2O. The predicted molar refractivity (Wildman–Crippen MR) is 75.6 cm³/mol. The van der Waals surface area contributed by atoms with E-state index >= 15 is 0 Å². The van der Waals surface area contributed by atoms with Gasteiger partial charge in [-0.2, -0.15) is 0 Å². The lowest BCUT2D eigenvalue weighted by Gasteiger charge is -2.17. The quantitative estimate of drug-likeness (QED) is 0.599. The Balaban J connectivity index is 1.65. The Kier molecular flexibility index (Phi) is 5.02. The molecule has 3 heteroatoms. The first kappa shape index (κ1) is 13.4. The highest BCUT2D eigenvalue weighted by molar-refractivity contribution is 5.39. The number of nitrogens with two attached hydrogens (primary N) is 1. The van der Waals surface area contributed by atoms with Crippen molar-refractivity contribution < 1.29 is 4.74 Å². The molecule has 1 fully saturated rings. The number of hydrogen-bond donors (Lipinski definition) is 2. The second-order valence-corrected chi connectivity index (χ2v) is 5.06. The van der Waals surface area contributed by atoms with Gasteiger partial charge in [-0.1, -0.05) is 19.1 Å². The van der Waals surface area contributed by atoms with Crippen LogP contribution in [0.2, 0.25) is 0 Å². The largest absolute Gasteiger partial charge is 0.399 e. The summed E-state index contributed by atoms with van der Waals surface area (Å²) >= 11 is 0. The van der Waals surface area contributed by atoms with Crippen LogP contribution in [0.4, 0.5) is 5.69 Å². The molecule has 1 aromatic carbocycles. The molecule has 1 saturated heterocycles. The minimum absolute atomic E-state index is 0.467. The lowest BCUT2D eigenvalue weighted by molar-refractivity contribution is 0.0873. The molecule has 1 heterocycles. The summed E-state index contributed by atoms with van der Waals surface area (Å²) in [4.78, 5) is 0. The van der Waals surface area contributed by atoms with Gasteiger partial charge in [0.2, 0.25) is 0 Å². The Morgan fingerprint density at radius 3 is 2.83 bits per heavy atom. The number of rotatable bonds is 6. The summed E-state index contributed by atoms with van der Waals surface area (Å²) in [5.74, 6) is 0.696. The molecule has 0 saturated carbocycles. The molecule has 0 radical (unpaired) electrons. The maximum absolute atomic E-state index is 5.69. The fraction of sp³-hybridized carbons (Fsp3) is 0.600. The van der Waals surface area contributed by atoms with E-state index in [9.17, 15) is 0 Å². The van der Waals surface area contributed by atoms with Crippen LogP contribution in [0.1, 0.15) is 25.3 Å². The smallest absolute Gasteiger partial charge is 0.0613 e. The Morgan fingerprint density at radius 2 is 2.11 bits per heavy atom. The summed E-state index contributed by atoms with van der Waals surface area (Å²) in [5.41, 5.74) is 7.84. The molecule has 0 aliphatic carbocycles. The van der Waals surface area contributed by atoms with E-state index in [1.54, 1.807) is 0 Å². The van der Waals surface area contributed by atoms with Crippen molar-refractivity contribution in [2.24, 2.45) is 5.92 Å². The molecule has 0 bridgehead atoms. The Hall–Kier alpha value is -1.06. The highest BCUT2D eigenvalue weighted by atomic mass is 16.5. The monoisotopic (exact) mass is 248 g/mol. The molecule has 0 spiro atoms. The normalized spacial score (nSPS) is 23.4. The number of hydrogen-bond acceptors (Lipinski definition) is 3. The van der Waals surface area contributed by atoms with E-state index in [0.717, 1.165) is 38.2 Å². The predicted octanol–water partition coefficient (Wildman–Crippen LogP) is 2.22. The zero-order valence-electron chi connectivity index (χ0n) is 11.2. The van der Waals surface area contributed by atoms with E-state index in [1.165, 1.54) is 12.0 Å². The van der Waals surface area contributed by atoms with Crippen molar-refractivity contribution in [3.63, 3.8) is 0 Å². The van der Waals surface area contributed by atoms with Crippen LogP contribution in [0.15, 0.2) is 24.3 Å². The summed E-state index contributed by atoms with van der Waals surface area (Å²) in [6.45, 7) is 5.24. The Morgan fingerprint density at radius 1 is 1.33 bits per heavy atom. The molecule has 100 valence electrons. The fourth-order valence-electron chi connectivity index (χ4n) is 2.58. The van der Waals surface area contributed by atoms with Gasteiger partial charge in [-0.05, 0) is 49.4 Å². The lowest BCUT2D eigenvalue weighted by atomic mass is 9.99. The molecule has 3 N–H and O–H groups in total. The molecule has 3 nitrogen and oxygen atoms in total. The maximum atomic E-state index is 5.69. The molecule has 1 aliphatic heterocycles. The SMILES string of the molecule is CCC1OCCC1CNCCc1ccc(N)cc1. The molecule has 18 heavy (non-hydrogen) atoms. The van der Waals surface area contributed by atoms with Gasteiger partial charge in [0.05, 0.1) is 6.10 Å². The molecule has 1 aliphatic rings. The highest BCUT2D eigenvalue weighted by Gasteiger charge is 2.25. The van der Waals surface area contributed by atoms with Crippen LogP contribution in [-0.4, -0.2) is 25.8 Å². The third-order valence-corrected chi connectivity index (χ3v) is 3.73. The summed E-state index contributed by atoms with van der Waals surface area (Å²) < 4.78 is 5.69. The second kappa shape index (κ2) is 6.76. The first-order valence-corrected chi connectivity index (χ1v) is 6.96. The van der Waals surface area contributed by atoms with Gasteiger partial charge in [0.25, 0.3) is 0 Å². The summed E-state index contributed by atoms with van der Waals surface area (Å²) in [5, 5.41) is 3.54. The standard InChI is InChI=1S/C15H24N2O/c1-2-15-13(8-10-18-15)11-17-9-7-12-3-5-14(16)6-4-12/h3-6,13,15,17H,2,7-11,16H2,1H3. The first-order valence-electron chi connectivity index (χ1n) is 6.96. The maximum Gasteiger partial charge on any atom is 0.0613 e. The van der Waals surface area contributed by atoms with Crippen LogP contribution >= 0.6 is 0 Å². The van der Waals surface area contributed by atoms with E-state index in [2.05, 4.69) is 24.4 Å². The lowest BCUT2D eigenvalue weighted by Crippen LogP contribution is -2.29. The zero-order valence-corrected chi connectivity index (χ0v) is 11.2. The van der Waals surface area contributed by atoms with E-state index < -0.39 is 0 Å². The average molecular weight is 248 g/mol. The highest BCUT2D eigenvalue weighted by Crippen LogP contribution is 2.22. The number of anilines is 1. The minimum atomic E-state index is 0.467. The number of nitrogens with one attached hydrogen (secondary N) is 1. The molecule has 1 aromatic rings. The van der Waals surface area contributed by atoms with Gasteiger partial charge in [-0.15, -0.1) is 0 Å². The van der Waals surface area contributed by atoms with Crippen LogP contribution < -0.4 is 11.1 Å². The van der Waals surface area contributed by atoms with Gasteiger partial charge in [0, 0.05) is 18.8 Å². The van der Waals surface area contributed by atoms with Crippen LogP contribution in [0, 0.1) is 5.92 Å². The van der Waals surface area contributed by atoms with Crippen LogP contribution in [0.5, 0.6) is 0 Å². The first-order chi connectivity index (χ1) is 8.79. The zero-order chi connectivity index (χ0) is 12.8. The minimum Gasteiger partial charge on any atom is -0.399 e. The van der Waals surface area contributed by atoms with E-state index in [1.807, 2.05) is 12.1 Å². The van der Waals surface area contributed by atoms with Crippen molar-refractivity contribution in [1.82, 2.24) is 5.32 Å². The molecule has 2 rings (SSSR count). The fourth-order valence-corrected chi connectivity index (χ4v) is 2.58. The van der Waals surface area contributed by atoms with Crippen LogP contribution in [0.3, 0.4) is 0 Å². The van der Waals surface area contributed by atoms with Gasteiger partial charge >= 0.3 is 0 Å². The van der Waals surface area contributed by atoms with E-state index in [-0.39, 0.29) is 0 Å².